The Labute approximate surface area is 128 Å². The van der Waals surface area contributed by atoms with Crippen molar-refractivity contribution in [1.82, 2.24) is 10.6 Å². The van der Waals surface area contributed by atoms with Crippen LogP contribution < -0.4 is 15.7 Å². The van der Waals surface area contributed by atoms with Gasteiger partial charge in [-0.05, 0) is 6.42 Å². The minimum atomic E-state index is -1.15. The summed E-state index contributed by atoms with van der Waals surface area (Å²) in [6.45, 7) is 3.33. The van der Waals surface area contributed by atoms with Gasteiger partial charge < -0.3 is 25.0 Å². The molecule has 0 aromatic carbocycles. The molecule has 0 saturated heterocycles. The molecule has 21 heavy (non-hydrogen) atoms. The molecule has 0 fully saturated rings. The van der Waals surface area contributed by atoms with E-state index in [1.807, 2.05) is 21.1 Å². The van der Waals surface area contributed by atoms with E-state index in [2.05, 4.69) is 17.6 Å². The average molecular weight is 301 g/mol. The first kappa shape index (κ1) is 19.7. The zero-order valence-electron chi connectivity index (χ0n) is 13.9. The summed E-state index contributed by atoms with van der Waals surface area (Å²) in [4.78, 5) is 22.5. The van der Waals surface area contributed by atoms with Gasteiger partial charge in [0.05, 0.1) is 33.7 Å². The first-order valence-corrected chi connectivity index (χ1v) is 7.79. The lowest BCUT2D eigenvalue weighted by Crippen LogP contribution is -2.53. The molecule has 0 aromatic rings. The Hall–Kier alpha value is -1.30. The van der Waals surface area contributed by atoms with Crippen LogP contribution in [0.25, 0.3) is 0 Å². The van der Waals surface area contributed by atoms with Crippen LogP contribution in [-0.2, 0) is 4.79 Å². The molecule has 0 aliphatic carbocycles. The van der Waals surface area contributed by atoms with E-state index in [1.54, 1.807) is 0 Å². The molecule has 2 amide bonds. The molecule has 0 saturated carbocycles. The SMILES string of the molecule is CCCCCCCNC(=O)N[C@@H](CC(=O)[O-])C[N+](C)(C)C. The van der Waals surface area contributed by atoms with Crippen LogP contribution in [0.5, 0.6) is 0 Å². The Morgan fingerprint density at radius 2 is 1.71 bits per heavy atom. The number of quaternary nitrogens is 1. The van der Waals surface area contributed by atoms with E-state index in [4.69, 9.17) is 0 Å². The van der Waals surface area contributed by atoms with Crippen LogP contribution in [0.3, 0.4) is 0 Å². The van der Waals surface area contributed by atoms with Crippen LogP contribution in [0.1, 0.15) is 45.4 Å². The normalized spacial score (nSPS) is 12.8. The Morgan fingerprint density at radius 1 is 1.10 bits per heavy atom. The van der Waals surface area contributed by atoms with Gasteiger partial charge >= 0.3 is 6.03 Å². The number of likely N-dealkylation sites (N-methyl/N-ethyl adjacent to an activating group) is 1. The number of unbranched alkanes of at least 4 members (excludes halogenated alkanes) is 4. The third kappa shape index (κ3) is 13.4. The van der Waals surface area contributed by atoms with Crippen molar-refractivity contribution in [3.05, 3.63) is 0 Å². The Bertz CT molecular complexity index is 314. The summed E-state index contributed by atoms with van der Waals surface area (Å²) in [5.74, 6) is -1.15. The maximum Gasteiger partial charge on any atom is 0.315 e. The number of hydrogen-bond donors (Lipinski definition) is 2. The van der Waals surface area contributed by atoms with Crippen molar-refractivity contribution in [2.24, 2.45) is 0 Å². The summed E-state index contributed by atoms with van der Waals surface area (Å²) >= 11 is 0. The largest absolute Gasteiger partial charge is 0.550 e. The number of nitrogens with zero attached hydrogens (tertiary/aromatic N) is 1. The molecule has 0 unspecified atom stereocenters. The molecule has 0 radical (unpaired) electrons. The van der Waals surface area contributed by atoms with Gasteiger partial charge in [-0.15, -0.1) is 0 Å². The number of carbonyl (C=O) groups excluding carboxylic acids is 2. The lowest BCUT2D eigenvalue weighted by atomic mass is 10.1. The van der Waals surface area contributed by atoms with E-state index in [0.29, 0.717) is 17.6 Å². The van der Waals surface area contributed by atoms with Gasteiger partial charge in [0.15, 0.2) is 0 Å². The molecule has 124 valence electrons. The summed E-state index contributed by atoms with van der Waals surface area (Å²) in [7, 11) is 5.86. The predicted molar refractivity (Wildman–Crippen MR) is 81.6 cm³/mol. The van der Waals surface area contributed by atoms with Gasteiger partial charge in [-0.1, -0.05) is 32.6 Å². The van der Waals surface area contributed by atoms with Gasteiger partial charge in [0.1, 0.15) is 0 Å². The summed E-state index contributed by atoms with van der Waals surface area (Å²) in [6, 6.07) is -0.722. The molecule has 0 rings (SSSR count). The first-order valence-electron chi connectivity index (χ1n) is 7.79. The highest BCUT2D eigenvalue weighted by atomic mass is 16.4. The second-order valence-corrected chi connectivity index (χ2v) is 6.56. The molecular formula is C15H31N3O3. The number of aliphatic carboxylic acids is 1. The number of carbonyl (C=O) groups is 2. The van der Waals surface area contributed by atoms with E-state index in [1.165, 1.54) is 19.3 Å². The van der Waals surface area contributed by atoms with Crippen LogP contribution in [0, 0.1) is 0 Å². The van der Waals surface area contributed by atoms with Crippen LogP contribution >= 0.6 is 0 Å². The average Bonchev–Trinajstić information content (AvgIpc) is 2.30. The number of amides is 2. The molecule has 0 aliphatic rings. The van der Waals surface area contributed by atoms with Crippen molar-refractivity contribution in [1.29, 1.82) is 0 Å². The number of rotatable bonds is 11. The third-order valence-corrected chi connectivity index (χ3v) is 3.08. The molecule has 2 N–H and O–H groups in total. The molecular weight excluding hydrogens is 270 g/mol. The fraction of sp³-hybridized carbons (Fsp3) is 0.867. The van der Waals surface area contributed by atoms with Crippen LogP contribution in [0.4, 0.5) is 4.79 Å². The quantitative estimate of drug-likeness (QED) is 0.430. The standard InChI is InChI=1S/C15H31N3O3/c1-5-6-7-8-9-10-16-15(21)17-13(11-14(19)20)12-18(2,3)4/h13H,5-12H2,1-4H3,(H2-,16,17,19,20,21)/t13-/m0/s1. The summed E-state index contributed by atoms with van der Waals surface area (Å²) < 4.78 is 0.579. The number of carboxylic acids is 1. The summed E-state index contributed by atoms with van der Waals surface area (Å²) in [6.07, 6.45) is 5.50. The molecule has 0 aromatic heterocycles. The van der Waals surface area contributed by atoms with Crippen molar-refractivity contribution in [2.45, 2.75) is 51.5 Å². The van der Waals surface area contributed by atoms with E-state index >= 15 is 0 Å². The molecule has 0 spiro atoms. The summed E-state index contributed by atoms with van der Waals surface area (Å²) in [5, 5.41) is 16.2. The lowest BCUT2D eigenvalue weighted by molar-refractivity contribution is -0.871. The molecule has 1 atom stereocenters. The van der Waals surface area contributed by atoms with Gasteiger partial charge in [-0.3, -0.25) is 0 Å². The fourth-order valence-corrected chi connectivity index (χ4v) is 2.19. The number of carboxylic acid groups (broad SMARTS) is 1. The fourth-order valence-electron chi connectivity index (χ4n) is 2.19. The highest BCUT2D eigenvalue weighted by Gasteiger charge is 2.20. The molecule has 0 heterocycles. The molecule has 0 aliphatic heterocycles. The summed E-state index contributed by atoms with van der Waals surface area (Å²) in [5.41, 5.74) is 0. The minimum absolute atomic E-state index is 0.167. The second kappa shape index (κ2) is 10.4. The maximum atomic E-state index is 11.8. The van der Waals surface area contributed by atoms with Crippen molar-refractivity contribution in [2.75, 3.05) is 34.2 Å². The van der Waals surface area contributed by atoms with E-state index in [9.17, 15) is 14.7 Å². The lowest BCUT2D eigenvalue weighted by Gasteiger charge is -2.30. The van der Waals surface area contributed by atoms with Gasteiger partial charge in [0.25, 0.3) is 0 Å². The van der Waals surface area contributed by atoms with Crippen molar-refractivity contribution < 1.29 is 19.2 Å². The topological polar surface area (TPSA) is 81.3 Å². The Morgan fingerprint density at radius 3 is 2.24 bits per heavy atom. The number of hydrogen-bond acceptors (Lipinski definition) is 3. The minimum Gasteiger partial charge on any atom is -0.550 e. The Kier molecular flexibility index (Phi) is 9.78. The van der Waals surface area contributed by atoms with Crippen molar-refractivity contribution >= 4 is 12.0 Å². The van der Waals surface area contributed by atoms with Gasteiger partial charge in [0.2, 0.25) is 0 Å². The Balaban J connectivity index is 4.01. The molecule has 0 bridgehead atoms. The van der Waals surface area contributed by atoms with Crippen molar-refractivity contribution in [3.8, 4) is 0 Å². The van der Waals surface area contributed by atoms with Gasteiger partial charge in [-0.25, -0.2) is 4.79 Å². The van der Waals surface area contributed by atoms with Crippen LogP contribution in [0.15, 0.2) is 0 Å². The van der Waals surface area contributed by atoms with Crippen LogP contribution in [-0.4, -0.2) is 56.8 Å². The third-order valence-electron chi connectivity index (χ3n) is 3.08. The maximum absolute atomic E-state index is 11.8. The number of urea groups is 1. The molecule has 6 nitrogen and oxygen atoms in total. The highest BCUT2D eigenvalue weighted by Crippen LogP contribution is 2.02. The van der Waals surface area contributed by atoms with Gasteiger partial charge in [-0.2, -0.15) is 0 Å². The zero-order chi connectivity index (χ0) is 16.3. The molecule has 6 heteroatoms. The van der Waals surface area contributed by atoms with E-state index < -0.39 is 12.0 Å². The first-order chi connectivity index (χ1) is 9.74. The predicted octanol–water partition coefficient (Wildman–Crippen LogP) is 0.471. The van der Waals surface area contributed by atoms with Crippen LogP contribution in [0.2, 0.25) is 0 Å². The van der Waals surface area contributed by atoms with Crippen molar-refractivity contribution in [3.63, 3.8) is 0 Å². The zero-order valence-corrected chi connectivity index (χ0v) is 13.9. The van der Waals surface area contributed by atoms with E-state index in [0.717, 1.165) is 12.8 Å². The van der Waals surface area contributed by atoms with E-state index in [-0.39, 0.29) is 12.5 Å². The monoisotopic (exact) mass is 301 g/mol. The highest BCUT2D eigenvalue weighted by molar-refractivity contribution is 5.75. The second-order valence-electron chi connectivity index (χ2n) is 6.56. The number of nitrogens with one attached hydrogen (secondary N) is 2. The van der Waals surface area contributed by atoms with Gasteiger partial charge in [0, 0.05) is 18.9 Å². The smallest absolute Gasteiger partial charge is 0.315 e.